The zero-order valence-electron chi connectivity index (χ0n) is 14.2. The molecule has 0 amide bonds. The van der Waals surface area contributed by atoms with Crippen LogP contribution >= 0.6 is 0 Å². The van der Waals surface area contributed by atoms with E-state index in [1.165, 1.54) is 32.3 Å². The van der Waals surface area contributed by atoms with Crippen LogP contribution in [0.3, 0.4) is 0 Å². The molecule has 5 aromatic rings. The quantitative estimate of drug-likeness (QED) is 0.430. The summed E-state index contributed by atoms with van der Waals surface area (Å²) in [6.07, 6.45) is 0. The first-order chi connectivity index (χ1) is 12.7. The maximum absolute atomic E-state index is 9.55. The van der Waals surface area contributed by atoms with Crippen molar-refractivity contribution in [1.29, 1.82) is 0 Å². The van der Waals surface area contributed by atoms with Crippen molar-refractivity contribution in [3.05, 3.63) is 83.9 Å². The molecule has 2 nitrogen and oxygen atoms in total. The molecule has 0 unspecified atom stereocenters. The highest BCUT2D eigenvalue weighted by molar-refractivity contribution is 6.08. The molecule has 2 heteroatoms. The predicted molar refractivity (Wildman–Crippen MR) is 108 cm³/mol. The minimum absolute atomic E-state index is 0.0619. The van der Waals surface area contributed by atoms with Gasteiger partial charge in [0, 0.05) is 0 Å². The summed E-state index contributed by atoms with van der Waals surface area (Å²) >= 11 is 0. The molecule has 0 aliphatic rings. The van der Waals surface area contributed by atoms with Crippen molar-refractivity contribution >= 4 is 43.1 Å². The second-order valence-corrected chi connectivity index (χ2v) is 6.88. The summed E-state index contributed by atoms with van der Waals surface area (Å²) < 4.78 is 0. The normalized spacial score (nSPS) is 11.8. The molecule has 0 bridgehead atoms. The molecule has 2 N–H and O–H groups in total. The van der Waals surface area contributed by atoms with Gasteiger partial charge in [-0.1, -0.05) is 24.3 Å². The van der Waals surface area contributed by atoms with Crippen molar-refractivity contribution in [2.24, 2.45) is 0 Å². The fourth-order valence-corrected chi connectivity index (χ4v) is 3.88. The Morgan fingerprint density at radius 2 is 0.731 bits per heavy atom. The van der Waals surface area contributed by atoms with Gasteiger partial charge in [-0.05, 0) is 103 Å². The van der Waals surface area contributed by atoms with E-state index in [4.69, 9.17) is 0 Å². The predicted octanol–water partition coefficient (Wildman–Crippen LogP) is 5.28. The van der Waals surface area contributed by atoms with E-state index in [-0.39, 0.29) is 13.2 Å². The molecule has 126 valence electrons. The molecule has 0 fully saturated rings. The molecule has 26 heavy (non-hydrogen) atoms. The van der Waals surface area contributed by atoms with Gasteiger partial charge in [-0.2, -0.15) is 0 Å². The highest BCUT2D eigenvalue weighted by Crippen LogP contribution is 2.31. The summed E-state index contributed by atoms with van der Waals surface area (Å²) in [7, 11) is 0. The molecule has 5 rings (SSSR count). The lowest BCUT2D eigenvalue weighted by atomic mass is 9.95. The first-order valence-electron chi connectivity index (χ1n) is 8.79. The van der Waals surface area contributed by atoms with E-state index in [0.717, 1.165) is 21.9 Å². The van der Waals surface area contributed by atoms with Gasteiger partial charge in [0.2, 0.25) is 0 Å². The smallest absolute Gasteiger partial charge is 0.0685 e. The van der Waals surface area contributed by atoms with Gasteiger partial charge >= 0.3 is 0 Å². The van der Waals surface area contributed by atoms with Crippen molar-refractivity contribution in [2.45, 2.75) is 13.2 Å². The van der Waals surface area contributed by atoms with Crippen LogP contribution in [0.2, 0.25) is 0 Å². The van der Waals surface area contributed by atoms with Crippen LogP contribution in [0.25, 0.3) is 43.1 Å². The highest BCUT2D eigenvalue weighted by Gasteiger charge is 2.07. The van der Waals surface area contributed by atoms with E-state index in [2.05, 4.69) is 60.7 Å². The Morgan fingerprint density at radius 3 is 1.08 bits per heavy atom. The molecule has 0 heterocycles. The van der Waals surface area contributed by atoms with E-state index in [1.807, 2.05) is 12.1 Å². The van der Waals surface area contributed by atoms with E-state index < -0.39 is 0 Å². The lowest BCUT2D eigenvalue weighted by Gasteiger charge is -2.10. The maximum Gasteiger partial charge on any atom is 0.0685 e. The number of hydrogen-bond donors (Lipinski definition) is 2. The Hall–Kier alpha value is -2.94. The topological polar surface area (TPSA) is 40.5 Å². The third kappa shape index (κ3) is 2.35. The number of rotatable bonds is 2. The number of fused-ring (bicyclic) bond motifs is 4. The Kier molecular flexibility index (Phi) is 3.42. The van der Waals surface area contributed by atoms with Crippen molar-refractivity contribution < 1.29 is 10.2 Å². The number of benzene rings is 5. The van der Waals surface area contributed by atoms with E-state index in [0.29, 0.717) is 0 Å². The molecule has 0 atom stereocenters. The summed E-state index contributed by atoms with van der Waals surface area (Å²) in [6.45, 7) is -0.124. The zero-order chi connectivity index (χ0) is 17.7. The number of aliphatic hydroxyl groups is 2. The van der Waals surface area contributed by atoms with E-state index in [1.54, 1.807) is 0 Å². The SMILES string of the molecule is OCc1cc2cc3cc4cc5ccccc5cc4cc3cc2cc1CO. The third-order valence-corrected chi connectivity index (χ3v) is 5.27. The van der Waals surface area contributed by atoms with Gasteiger partial charge in [0.1, 0.15) is 0 Å². The Labute approximate surface area is 150 Å². The van der Waals surface area contributed by atoms with Gasteiger partial charge in [0.15, 0.2) is 0 Å². The van der Waals surface area contributed by atoms with Crippen LogP contribution in [0.4, 0.5) is 0 Å². The fraction of sp³-hybridized carbons (Fsp3) is 0.0833. The van der Waals surface area contributed by atoms with Gasteiger partial charge in [-0.25, -0.2) is 0 Å². The van der Waals surface area contributed by atoms with Crippen molar-refractivity contribution in [2.75, 3.05) is 0 Å². The molecule has 0 aromatic heterocycles. The number of aliphatic hydroxyl groups excluding tert-OH is 2. The third-order valence-electron chi connectivity index (χ3n) is 5.27. The first-order valence-corrected chi connectivity index (χ1v) is 8.79. The van der Waals surface area contributed by atoms with Crippen LogP contribution in [0, 0.1) is 0 Å². The van der Waals surface area contributed by atoms with Crippen LogP contribution in [0.15, 0.2) is 72.8 Å². The van der Waals surface area contributed by atoms with Gasteiger partial charge in [0.25, 0.3) is 0 Å². The summed E-state index contributed by atoms with van der Waals surface area (Å²) in [6, 6.07) is 25.6. The maximum atomic E-state index is 9.55. The van der Waals surface area contributed by atoms with Crippen molar-refractivity contribution in [1.82, 2.24) is 0 Å². The van der Waals surface area contributed by atoms with Crippen molar-refractivity contribution in [3.8, 4) is 0 Å². The van der Waals surface area contributed by atoms with Gasteiger partial charge in [-0.15, -0.1) is 0 Å². The van der Waals surface area contributed by atoms with Crippen LogP contribution in [-0.4, -0.2) is 10.2 Å². The second-order valence-electron chi connectivity index (χ2n) is 6.88. The summed E-state index contributed by atoms with van der Waals surface area (Å²) in [5.74, 6) is 0. The summed E-state index contributed by atoms with van der Waals surface area (Å²) in [4.78, 5) is 0. The fourth-order valence-electron chi connectivity index (χ4n) is 3.88. The molecule has 0 aliphatic heterocycles. The van der Waals surface area contributed by atoms with E-state index in [9.17, 15) is 10.2 Å². The van der Waals surface area contributed by atoms with Crippen LogP contribution < -0.4 is 0 Å². The lowest BCUT2D eigenvalue weighted by molar-refractivity contribution is 0.260. The largest absolute Gasteiger partial charge is 0.392 e. The minimum atomic E-state index is -0.0619. The summed E-state index contributed by atoms with van der Waals surface area (Å²) in [5, 5.41) is 28.6. The Bertz CT molecular complexity index is 1200. The second kappa shape index (κ2) is 5.80. The van der Waals surface area contributed by atoms with Crippen LogP contribution in [0.1, 0.15) is 11.1 Å². The Morgan fingerprint density at radius 1 is 0.423 bits per heavy atom. The monoisotopic (exact) mass is 338 g/mol. The first kappa shape index (κ1) is 15.3. The Balaban J connectivity index is 1.83. The minimum Gasteiger partial charge on any atom is -0.392 e. The molecule has 5 aromatic carbocycles. The zero-order valence-corrected chi connectivity index (χ0v) is 14.2. The molecule has 0 saturated carbocycles. The van der Waals surface area contributed by atoms with Crippen molar-refractivity contribution in [3.63, 3.8) is 0 Å². The van der Waals surface area contributed by atoms with Crippen LogP contribution in [-0.2, 0) is 13.2 Å². The summed E-state index contributed by atoms with van der Waals surface area (Å²) in [5.41, 5.74) is 1.57. The van der Waals surface area contributed by atoms with Gasteiger partial charge in [-0.3, -0.25) is 0 Å². The molecule has 0 saturated heterocycles. The van der Waals surface area contributed by atoms with E-state index >= 15 is 0 Å². The molecule has 0 radical (unpaired) electrons. The molecular formula is C24H18O2. The standard InChI is InChI=1S/C24H18O2/c25-13-23-11-21-9-19-7-17-5-15-3-1-2-4-16(15)6-18(17)8-20(19)10-22(21)12-24(23)14-26/h1-12,25-26H,13-14H2. The van der Waals surface area contributed by atoms with Gasteiger partial charge in [0.05, 0.1) is 13.2 Å². The molecule has 0 aliphatic carbocycles. The average molecular weight is 338 g/mol. The molecular weight excluding hydrogens is 320 g/mol. The van der Waals surface area contributed by atoms with Crippen LogP contribution in [0.5, 0.6) is 0 Å². The highest BCUT2D eigenvalue weighted by atomic mass is 16.3. The number of hydrogen-bond acceptors (Lipinski definition) is 2. The average Bonchev–Trinajstić information content (AvgIpc) is 2.68. The lowest BCUT2D eigenvalue weighted by Crippen LogP contribution is -1.94. The molecule has 0 spiro atoms. The van der Waals surface area contributed by atoms with Gasteiger partial charge < -0.3 is 10.2 Å².